The molecule has 2 aliphatic rings. The third kappa shape index (κ3) is 1.87. The summed E-state index contributed by atoms with van der Waals surface area (Å²) in [7, 11) is 0. The van der Waals surface area contributed by atoms with Crippen molar-refractivity contribution in [2.24, 2.45) is 5.92 Å². The van der Waals surface area contributed by atoms with Gasteiger partial charge in [0, 0.05) is 32.7 Å². The van der Waals surface area contributed by atoms with Crippen LogP contribution in [0.5, 0.6) is 0 Å². The summed E-state index contributed by atoms with van der Waals surface area (Å²) >= 11 is 0. The van der Waals surface area contributed by atoms with Gasteiger partial charge in [-0.1, -0.05) is 11.6 Å². The fourth-order valence-corrected chi connectivity index (χ4v) is 1.82. The molecule has 2 heterocycles. The number of nitrogens with one attached hydrogen (secondary N) is 1. The maximum Gasteiger partial charge on any atom is 0.0165 e. The monoisotopic (exact) mass is 166 g/mol. The molecular formula is C10H18N2. The lowest BCUT2D eigenvalue weighted by atomic mass is 10.0. The SMILES string of the molecule is CC1=CCN(CC2CNC2)CC1. The predicted octanol–water partition coefficient (Wildman–Crippen LogP) is 0.858. The fraction of sp³-hybridized carbons (Fsp3) is 0.800. The molecule has 1 fully saturated rings. The average molecular weight is 166 g/mol. The largest absolute Gasteiger partial charge is 0.316 e. The van der Waals surface area contributed by atoms with Crippen LogP contribution in [0.1, 0.15) is 13.3 Å². The summed E-state index contributed by atoms with van der Waals surface area (Å²) in [4.78, 5) is 2.57. The van der Waals surface area contributed by atoms with E-state index in [0.717, 1.165) is 5.92 Å². The van der Waals surface area contributed by atoms with Crippen molar-refractivity contribution in [2.45, 2.75) is 13.3 Å². The van der Waals surface area contributed by atoms with E-state index in [1.54, 1.807) is 5.57 Å². The van der Waals surface area contributed by atoms with E-state index >= 15 is 0 Å². The highest BCUT2D eigenvalue weighted by molar-refractivity contribution is 5.04. The van der Waals surface area contributed by atoms with Crippen molar-refractivity contribution in [1.82, 2.24) is 10.2 Å². The highest BCUT2D eigenvalue weighted by Crippen LogP contribution is 2.12. The molecule has 1 saturated heterocycles. The second-order valence-corrected chi connectivity index (χ2v) is 4.08. The molecule has 0 atom stereocenters. The van der Waals surface area contributed by atoms with Crippen LogP contribution in [0.3, 0.4) is 0 Å². The lowest BCUT2D eigenvalue weighted by Gasteiger charge is -2.34. The molecule has 1 N–H and O–H groups in total. The van der Waals surface area contributed by atoms with Gasteiger partial charge in [0.2, 0.25) is 0 Å². The lowest BCUT2D eigenvalue weighted by Crippen LogP contribution is -2.48. The Morgan fingerprint density at radius 2 is 2.42 bits per heavy atom. The molecule has 0 saturated carbocycles. The molecule has 0 bridgehead atoms. The Balaban J connectivity index is 1.75. The lowest BCUT2D eigenvalue weighted by molar-refractivity contribution is 0.203. The number of nitrogens with zero attached hydrogens (tertiary/aromatic N) is 1. The van der Waals surface area contributed by atoms with Crippen LogP contribution in [0.4, 0.5) is 0 Å². The first-order chi connectivity index (χ1) is 5.84. The van der Waals surface area contributed by atoms with Crippen LogP contribution in [-0.4, -0.2) is 37.6 Å². The summed E-state index contributed by atoms with van der Waals surface area (Å²) in [5.41, 5.74) is 1.57. The van der Waals surface area contributed by atoms with Gasteiger partial charge in [0.05, 0.1) is 0 Å². The highest BCUT2D eigenvalue weighted by Gasteiger charge is 2.20. The summed E-state index contributed by atoms with van der Waals surface area (Å²) < 4.78 is 0. The molecular weight excluding hydrogens is 148 g/mol. The summed E-state index contributed by atoms with van der Waals surface area (Å²) in [5, 5.41) is 3.32. The number of hydrogen-bond donors (Lipinski definition) is 1. The van der Waals surface area contributed by atoms with Crippen molar-refractivity contribution in [3.63, 3.8) is 0 Å². The molecule has 0 amide bonds. The van der Waals surface area contributed by atoms with E-state index in [-0.39, 0.29) is 0 Å². The fourth-order valence-electron chi connectivity index (χ4n) is 1.82. The van der Waals surface area contributed by atoms with E-state index in [1.807, 2.05) is 0 Å². The summed E-state index contributed by atoms with van der Waals surface area (Å²) in [6.07, 6.45) is 3.65. The Kier molecular flexibility index (Phi) is 2.47. The Morgan fingerprint density at radius 1 is 1.58 bits per heavy atom. The van der Waals surface area contributed by atoms with Gasteiger partial charge in [-0.25, -0.2) is 0 Å². The average Bonchev–Trinajstić information content (AvgIpc) is 2.00. The van der Waals surface area contributed by atoms with Crippen molar-refractivity contribution in [1.29, 1.82) is 0 Å². The normalized spacial score (nSPS) is 26.6. The van der Waals surface area contributed by atoms with Gasteiger partial charge in [-0.2, -0.15) is 0 Å². The second kappa shape index (κ2) is 3.58. The van der Waals surface area contributed by atoms with E-state index in [0.29, 0.717) is 0 Å². The van der Waals surface area contributed by atoms with Gasteiger partial charge in [-0.3, -0.25) is 4.90 Å². The molecule has 12 heavy (non-hydrogen) atoms. The van der Waals surface area contributed by atoms with Crippen LogP contribution >= 0.6 is 0 Å². The Labute approximate surface area is 74.6 Å². The minimum Gasteiger partial charge on any atom is -0.316 e. The van der Waals surface area contributed by atoms with E-state index in [9.17, 15) is 0 Å². The molecule has 0 aromatic rings. The van der Waals surface area contributed by atoms with E-state index in [4.69, 9.17) is 0 Å². The first-order valence-corrected chi connectivity index (χ1v) is 4.93. The van der Waals surface area contributed by atoms with Crippen LogP contribution in [0.15, 0.2) is 11.6 Å². The number of hydrogen-bond acceptors (Lipinski definition) is 2. The van der Waals surface area contributed by atoms with Crippen LogP contribution in [0.2, 0.25) is 0 Å². The summed E-state index contributed by atoms with van der Waals surface area (Å²) in [6, 6.07) is 0. The molecule has 0 unspecified atom stereocenters. The minimum atomic E-state index is 0.928. The van der Waals surface area contributed by atoms with Crippen LogP contribution in [0.25, 0.3) is 0 Å². The Hall–Kier alpha value is -0.340. The predicted molar refractivity (Wildman–Crippen MR) is 51.2 cm³/mol. The third-order valence-electron chi connectivity index (χ3n) is 2.90. The molecule has 2 heteroatoms. The molecule has 68 valence electrons. The second-order valence-electron chi connectivity index (χ2n) is 4.08. The van der Waals surface area contributed by atoms with E-state index < -0.39 is 0 Å². The minimum absolute atomic E-state index is 0.928. The van der Waals surface area contributed by atoms with Gasteiger partial charge in [0.25, 0.3) is 0 Å². The van der Waals surface area contributed by atoms with Crippen molar-refractivity contribution in [3.8, 4) is 0 Å². The van der Waals surface area contributed by atoms with Crippen LogP contribution < -0.4 is 5.32 Å². The first kappa shape index (κ1) is 8.27. The molecule has 0 aromatic carbocycles. The third-order valence-corrected chi connectivity index (χ3v) is 2.90. The molecule has 2 nitrogen and oxygen atoms in total. The number of rotatable bonds is 2. The van der Waals surface area contributed by atoms with Crippen molar-refractivity contribution < 1.29 is 0 Å². The first-order valence-electron chi connectivity index (χ1n) is 4.93. The maximum absolute atomic E-state index is 3.32. The van der Waals surface area contributed by atoms with Gasteiger partial charge in [-0.15, -0.1) is 0 Å². The molecule has 0 radical (unpaired) electrons. The molecule has 2 aliphatic heterocycles. The zero-order valence-electron chi connectivity index (χ0n) is 7.84. The molecule has 0 aliphatic carbocycles. The van der Waals surface area contributed by atoms with Crippen LogP contribution in [0, 0.1) is 5.92 Å². The molecule has 0 aromatic heterocycles. The quantitative estimate of drug-likeness (QED) is 0.612. The smallest absolute Gasteiger partial charge is 0.0165 e. The Morgan fingerprint density at radius 3 is 2.92 bits per heavy atom. The van der Waals surface area contributed by atoms with Gasteiger partial charge < -0.3 is 5.32 Å². The van der Waals surface area contributed by atoms with Gasteiger partial charge in [0.1, 0.15) is 0 Å². The zero-order valence-corrected chi connectivity index (χ0v) is 7.84. The van der Waals surface area contributed by atoms with Crippen LogP contribution in [-0.2, 0) is 0 Å². The summed E-state index contributed by atoms with van der Waals surface area (Å²) in [6.45, 7) is 8.47. The zero-order chi connectivity index (χ0) is 8.39. The van der Waals surface area contributed by atoms with Gasteiger partial charge >= 0.3 is 0 Å². The standard InChI is InChI=1S/C10H18N2/c1-9-2-4-12(5-3-9)8-10-6-11-7-10/h2,10-11H,3-8H2,1H3. The Bertz CT molecular complexity index is 182. The van der Waals surface area contributed by atoms with Crippen molar-refractivity contribution >= 4 is 0 Å². The molecule has 0 spiro atoms. The van der Waals surface area contributed by atoms with E-state index in [1.165, 1.54) is 39.1 Å². The van der Waals surface area contributed by atoms with Crippen molar-refractivity contribution in [2.75, 3.05) is 32.7 Å². The van der Waals surface area contributed by atoms with Gasteiger partial charge in [-0.05, 0) is 19.3 Å². The summed E-state index contributed by atoms with van der Waals surface area (Å²) in [5.74, 6) is 0.928. The maximum atomic E-state index is 3.32. The van der Waals surface area contributed by atoms with Crippen molar-refractivity contribution in [3.05, 3.63) is 11.6 Å². The van der Waals surface area contributed by atoms with E-state index in [2.05, 4.69) is 23.2 Å². The van der Waals surface area contributed by atoms with Gasteiger partial charge in [0.15, 0.2) is 0 Å². The topological polar surface area (TPSA) is 15.3 Å². The highest BCUT2D eigenvalue weighted by atomic mass is 15.1. The molecule has 2 rings (SSSR count).